The highest BCUT2D eigenvalue weighted by Crippen LogP contribution is 2.31. The van der Waals surface area contributed by atoms with Crippen molar-refractivity contribution < 1.29 is 9.90 Å². The molecule has 2 unspecified atom stereocenters. The molecule has 3 nitrogen and oxygen atoms in total. The van der Waals surface area contributed by atoms with Crippen LogP contribution >= 0.6 is 11.8 Å². The van der Waals surface area contributed by atoms with Crippen molar-refractivity contribution in [1.29, 1.82) is 0 Å². The van der Waals surface area contributed by atoms with Crippen molar-refractivity contribution in [3.05, 3.63) is 35.9 Å². The van der Waals surface area contributed by atoms with Gasteiger partial charge in [0, 0.05) is 35.4 Å². The van der Waals surface area contributed by atoms with E-state index in [9.17, 15) is 4.79 Å². The third-order valence-electron chi connectivity index (χ3n) is 3.54. The summed E-state index contributed by atoms with van der Waals surface area (Å²) in [4.78, 5) is 13.1. The Labute approximate surface area is 118 Å². The van der Waals surface area contributed by atoms with Gasteiger partial charge in [-0.2, -0.15) is 11.8 Å². The average Bonchev–Trinajstić information content (AvgIpc) is 2.40. The van der Waals surface area contributed by atoms with E-state index in [0.29, 0.717) is 11.3 Å². The van der Waals surface area contributed by atoms with E-state index in [4.69, 9.17) is 5.11 Å². The van der Waals surface area contributed by atoms with Crippen molar-refractivity contribution in [2.75, 3.05) is 17.2 Å². The highest BCUT2D eigenvalue weighted by atomic mass is 32.2. The monoisotopic (exact) mass is 277 g/mol. The number of hydrogen-bond donors (Lipinski definition) is 1. The van der Waals surface area contributed by atoms with Gasteiger partial charge in [0.1, 0.15) is 0 Å². The molecule has 1 aromatic carbocycles. The van der Waals surface area contributed by atoms with Crippen LogP contribution in [0.15, 0.2) is 30.3 Å². The number of carboxylic acids is 1. The Morgan fingerprint density at radius 2 is 2.16 bits per heavy atom. The summed E-state index contributed by atoms with van der Waals surface area (Å²) < 4.78 is 0. The van der Waals surface area contributed by atoms with Crippen molar-refractivity contribution in [3.63, 3.8) is 0 Å². The molecule has 19 heavy (non-hydrogen) atoms. The van der Waals surface area contributed by atoms with Gasteiger partial charge in [0.25, 0.3) is 0 Å². The first-order valence-electron chi connectivity index (χ1n) is 6.48. The van der Waals surface area contributed by atoms with Crippen LogP contribution < -0.4 is 4.90 Å². The van der Waals surface area contributed by atoms with Crippen molar-refractivity contribution in [2.45, 2.75) is 25.1 Å². The maximum absolute atomic E-state index is 10.7. The molecule has 0 saturated carbocycles. The zero-order valence-electron chi connectivity index (χ0n) is 11.2. The summed E-state index contributed by atoms with van der Waals surface area (Å²) in [6.07, 6.45) is 2.88. The molecule has 0 radical (unpaired) electrons. The normalized spacial score (nSPS) is 23.8. The van der Waals surface area contributed by atoms with Gasteiger partial charge in [-0.15, -0.1) is 0 Å². The van der Waals surface area contributed by atoms with Crippen LogP contribution in [0.4, 0.5) is 5.69 Å². The van der Waals surface area contributed by atoms with Crippen LogP contribution in [0.2, 0.25) is 0 Å². The summed E-state index contributed by atoms with van der Waals surface area (Å²) in [5, 5.41) is 9.35. The van der Waals surface area contributed by atoms with E-state index in [1.165, 1.54) is 6.08 Å². The Balaban J connectivity index is 2.31. The third-order valence-corrected chi connectivity index (χ3v) is 4.87. The Hall–Kier alpha value is -1.42. The van der Waals surface area contributed by atoms with Crippen LogP contribution in [0.3, 0.4) is 0 Å². The number of benzene rings is 1. The molecule has 2 rings (SSSR count). The molecule has 0 spiro atoms. The molecule has 1 aromatic rings. The Morgan fingerprint density at radius 3 is 2.89 bits per heavy atom. The van der Waals surface area contributed by atoms with Gasteiger partial charge < -0.3 is 10.0 Å². The summed E-state index contributed by atoms with van der Waals surface area (Å²) >= 11 is 1.99. The van der Waals surface area contributed by atoms with E-state index in [1.807, 2.05) is 30.0 Å². The van der Waals surface area contributed by atoms with Gasteiger partial charge in [-0.05, 0) is 24.6 Å². The molecule has 1 aliphatic rings. The molecule has 0 aromatic heterocycles. The fraction of sp³-hybridized carbons (Fsp3) is 0.400. The third kappa shape index (κ3) is 3.32. The highest BCUT2D eigenvalue weighted by Gasteiger charge is 2.26. The SMILES string of the molecule is CC1SCCN(c2ccccc2/C=C/C(=O)O)C1C. The molecular weight excluding hydrogens is 258 g/mol. The first kappa shape index (κ1) is 14.0. The molecule has 1 fully saturated rings. The molecule has 102 valence electrons. The van der Waals surface area contributed by atoms with Crippen molar-refractivity contribution in [1.82, 2.24) is 0 Å². The number of aliphatic carboxylic acids is 1. The molecule has 0 bridgehead atoms. The fourth-order valence-electron chi connectivity index (χ4n) is 2.32. The quantitative estimate of drug-likeness (QED) is 0.862. The summed E-state index contributed by atoms with van der Waals surface area (Å²) in [6.45, 7) is 5.49. The number of hydrogen-bond acceptors (Lipinski definition) is 3. The second-order valence-corrected chi connectivity index (χ2v) is 6.23. The predicted molar refractivity (Wildman–Crippen MR) is 81.8 cm³/mol. The smallest absolute Gasteiger partial charge is 0.328 e. The van der Waals surface area contributed by atoms with Gasteiger partial charge in [0.15, 0.2) is 0 Å². The highest BCUT2D eigenvalue weighted by molar-refractivity contribution is 8.00. The van der Waals surface area contributed by atoms with E-state index in [-0.39, 0.29) is 0 Å². The largest absolute Gasteiger partial charge is 0.478 e. The number of carboxylic acid groups (broad SMARTS) is 1. The number of anilines is 1. The number of carbonyl (C=O) groups is 1. The Kier molecular flexibility index (Phi) is 4.53. The number of thioether (sulfide) groups is 1. The second kappa shape index (κ2) is 6.15. The van der Waals surface area contributed by atoms with Gasteiger partial charge in [-0.25, -0.2) is 4.79 Å². The van der Waals surface area contributed by atoms with Crippen molar-refractivity contribution in [2.24, 2.45) is 0 Å². The van der Waals surface area contributed by atoms with Gasteiger partial charge in [0.2, 0.25) is 0 Å². The van der Waals surface area contributed by atoms with E-state index in [1.54, 1.807) is 6.08 Å². The minimum Gasteiger partial charge on any atom is -0.478 e. The molecule has 1 aliphatic heterocycles. The van der Waals surface area contributed by atoms with Crippen LogP contribution in [0.25, 0.3) is 6.08 Å². The molecule has 1 N–H and O–H groups in total. The van der Waals surface area contributed by atoms with Crippen molar-refractivity contribution in [3.8, 4) is 0 Å². The van der Waals surface area contributed by atoms with E-state index in [0.717, 1.165) is 23.5 Å². The molecule has 1 heterocycles. The zero-order chi connectivity index (χ0) is 13.8. The van der Waals surface area contributed by atoms with E-state index >= 15 is 0 Å². The standard InChI is InChI=1S/C15H19NO2S/c1-11-12(2)19-10-9-16(11)14-6-4-3-5-13(14)7-8-15(17)18/h3-8,11-12H,9-10H2,1-2H3,(H,17,18)/b8-7+. The van der Waals surface area contributed by atoms with Crippen LogP contribution in [-0.4, -0.2) is 34.7 Å². The lowest BCUT2D eigenvalue weighted by atomic mass is 10.1. The number of nitrogens with zero attached hydrogens (tertiary/aromatic N) is 1. The first-order chi connectivity index (χ1) is 9.09. The number of rotatable bonds is 3. The maximum atomic E-state index is 10.7. The molecule has 0 aliphatic carbocycles. The van der Waals surface area contributed by atoms with Gasteiger partial charge in [0.05, 0.1) is 0 Å². The Bertz CT molecular complexity index is 487. The fourth-order valence-corrected chi connectivity index (χ4v) is 3.42. The minimum absolute atomic E-state index is 0.457. The lowest BCUT2D eigenvalue weighted by Crippen LogP contribution is -2.45. The molecule has 2 atom stereocenters. The molecular formula is C15H19NO2S. The molecule has 1 saturated heterocycles. The summed E-state index contributed by atoms with van der Waals surface area (Å²) in [7, 11) is 0. The van der Waals surface area contributed by atoms with Crippen LogP contribution in [0, 0.1) is 0 Å². The minimum atomic E-state index is -0.912. The van der Waals surface area contributed by atoms with Crippen molar-refractivity contribution >= 4 is 29.5 Å². The lowest BCUT2D eigenvalue weighted by Gasteiger charge is -2.40. The summed E-state index contributed by atoms with van der Waals surface area (Å²) in [5.74, 6) is 0.202. The van der Waals surface area contributed by atoms with Gasteiger partial charge >= 0.3 is 5.97 Å². The van der Waals surface area contributed by atoms with Crippen LogP contribution in [-0.2, 0) is 4.79 Å². The molecule has 4 heteroatoms. The number of para-hydroxylation sites is 1. The summed E-state index contributed by atoms with van der Waals surface area (Å²) in [6, 6.07) is 8.44. The molecule has 0 amide bonds. The lowest BCUT2D eigenvalue weighted by molar-refractivity contribution is -0.131. The second-order valence-electron chi connectivity index (χ2n) is 4.74. The van der Waals surface area contributed by atoms with Gasteiger partial charge in [-0.3, -0.25) is 0 Å². The Morgan fingerprint density at radius 1 is 1.42 bits per heavy atom. The van der Waals surface area contributed by atoms with E-state index in [2.05, 4.69) is 24.8 Å². The first-order valence-corrected chi connectivity index (χ1v) is 7.52. The zero-order valence-corrected chi connectivity index (χ0v) is 12.1. The van der Waals surface area contributed by atoms with Gasteiger partial charge in [-0.1, -0.05) is 25.1 Å². The van der Waals surface area contributed by atoms with E-state index < -0.39 is 5.97 Å². The topological polar surface area (TPSA) is 40.5 Å². The van der Waals surface area contributed by atoms with Crippen LogP contribution in [0.5, 0.6) is 0 Å². The average molecular weight is 277 g/mol. The maximum Gasteiger partial charge on any atom is 0.328 e. The summed E-state index contributed by atoms with van der Waals surface area (Å²) in [5.41, 5.74) is 2.09. The predicted octanol–water partition coefficient (Wildman–Crippen LogP) is 3.11. The van der Waals surface area contributed by atoms with Crippen LogP contribution in [0.1, 0.15) is 19.4 Å².